The standard InChI is InChI=1S/C21H20ClN3O2/c22-15-10-16(20(26)23-18-12-25-8-6-13(18)7-9-25)19-17(11-15)24-21(27-19)14-4-2-1-3-5-14/h1-5,10-11,13,18H,6-9,12H2,(H,23,26). The number of amides is 1. The van der Waals surface area contributed by atoms with Crippen LogP contribution in [-0.2, 0) is 0 Å². The minimum absolute atomic E-state index is 0.142. The van der Waals surface area contributed by atoms with Gasteiger partial charge in [0.15, 0.2) is 5.58 Å². The highest BCUT2D eigenvalue weighted by Crippen LogP contribution is 2.31. The summed E-state index contributed by atoms with van der Waals surface area (Å²) in [6, 6.07) is 13.2. The highest BCUT2D eigenvalue weighted by molar-refractivity contribution is 6.32. The summed E-state index contributed by atoms with van der Waals surface area (Å²) < 4.78 is 5.97. The number of piperidine rings is 3. The van der Waals surface area contributed by atoms with Crippen molar-refractivity contribution in [2.24, 2.45) is 5.92 Å². The summed E-state index contributed by atoms with van der Waals surface area (Å²) in [7, 11) is 0. The SMILES string of the molecule is O=C(NC1CN2CCC1CC2)c1cc(Cl)cc2nc(-c3ccccc3)oc12. The smallest absolute Gasteiger partial charge is 0.255 e. The number of carbonyl (C=O) groups is 1. The van der Waals surface area contributed by atoms with Crippen LogP contribution in [0.2, 0.25) is 5.02 Å². The van der Waals surface area contributed by atoms with Gasteiger partial charge in [-0.1, -0.05) is 29.8 Å². The van der Waals surface area contributed by atoms with Crippen molar-refractivity contribution in [2.45, 2.75) is 18.9 Å². The first-order chi connectivity index (χ1) is 13.2. The zero-order chi connectivity index (χ0) is 18.4. The first-order valence-corrected chi connectivity index (χ1v) is 9.74. The Morgan fingerprint density at radius 2 is 1.96 bits per heavy atom. The largest absolute Gasteiger partial charge is 0.435 e. The fourth-order valence-electron chi connectivity index (χ4n) is 4.25. The molecule has 1 aromatic heterocycles. The number of hydrogen-bond acceptors (Lipinski definition) is 4. The molecule has 6 rings (SSSR count). The predicted molar refractivity (Wildman–Crippen MR) is 105 cm³/mol. The Bertz CT molecular complexity index is 993. The summed E-state index contributed by atoms with van der Waals surface area (Å²) in [5, 5.41) is 3.69. The zero-order valence-corrected chi connectivity index (χ0v) is 15.6. The van der Waals surface area contributed by atoms with E-state index in [4.69, 9.17) is 16.0 Å². The van der Waals surface area contributed by atoms with Crippen LogP contribution < -0.4 is 5.32 Å². The minimum Gasteiger partial charge on any atom is -0.435 e. The second kappa shape index (κ2) is 6.66. The van der Waals surface area contributed by atoms with E-state index in [1.54, 1.807) is 12.1 Å². The number of nitrogens with zero attached hydrogens (tertiary/aromatic N) is 2. The Labute approximate surface area is 162 Å². The molecular formula is C21H20ClN3O2. The third-order valence-electron chi connectivity index (χ3n) is 5.69. The van der Waals surface area contributed by atoms with Crippen LogP contribution in [0.25, 0.3) is 22.6 Å². The summed E-state index contributed by atoms with van der Waals surface area (Å²) >= 11 is 6.26. The van der Waals surface area contributed by atoms with Crippen molar-refractivity contribution in [3.8, 4) is 11.5 Å². The zero-order valence-electron chi connectivity index (χ0n) is 14.8. The normalized spacial score (nSPS) is 24.3. The molecule has 2 aromatic carbocycles. The van der Waals surface area contributed by atoms with Gasteiger partial charge in [0.2, 0.25) is 5.89 Å². The van der Waals surface area contributed by atoms with E-state index in [2.05, 4.69) is 15.2 Å². The molecule has 0 spiro atoms. The van der Waals surface area contributed by atoms with Gasteiger partial charge in [0.05, 0.1) is 5.56 Å². The Hall–Kier alpha value is -2.37. The number of rotatable bonds is 3. The molecule has 4 heterocycles. The summed E-state index contributed by atoms with van der Waals surface area (Å²) in [6.45, 7) is 3.20. The number of fused-ring (bicyclic) bond motifs is 4. The molecule has 1 unspecified atom stereocenters. The first-order valence-electron chi connectivity index (χ1n) is 9.36. The third-order valence-corrected chi connectivity index (χ3v) is 5.91. The molecule has 2 bridgehead atoms. The molecule has 3 saturated heterocycles. The van der Waals surface area contributed by atoms with Crippen LogP contribution >= 0.6 is 11.6 Å². The molecule has 5 nitrogen and oxygen atoms in total. The number of nitrogens with one attached hydrogen (secondary N) is 1. The molecule has 1 N–H and O–H groups in total. The summed E-state index contributed by atoms with van der Waals surface area (Å²) in [5.74, 6) is 0.907. The maximum atomic E-state index is 13.0. The molecule has 3 aromatic rings. The summed E-state index contributed by atoms with van der Waals surface area (Å²) in [6.07, 6.45) is 2.30. The van der Waals surface area contributed by atoms with E-state index in [0.29, 0.717) is 33.5 Å². The molecule has 3 fully saturated rings. The van der Waals surface area contributed by atoms with Crippen molar-refractivity contribution in [2.75, 3.05) is 19.6 Å². The topological polar surface area (TPSA) is 58.4 Å². The van der Waals surface area contributed by atoms with E-state index in [9.17, 15) is 4.79 Å². The number of aromatic nitrogens is 1. The van der Waals surface area contributed by atoms with Gasteiger partial charge in [0.25, 0.3) is 5.91 Å². The molecule has 0 aliphatic carbocycles. The van der Waals surface area contributed by atoms with Crippen LogP contribution in [0.3, 0.4) is 0 Å². The number of hydrogen-bond donors (Lipinski definition) is 1. The van der Waals surface area contributed by atoms with Crippen LogP contribution in [0, 0.1) is 5.92 Å². The van der Waals surface area contributed by atoms with Crippen molar-refractivity contribution >= 4 is 28.6 Å². The summed E-state index contributed by atoms with van der Waals surface area (Å²) in [5.41, 5.74) is 2.40. The second-order valence-electron chi connectivity index (χ2n) is 7.40. The maximum absolute atomic E-state index is 13.0. The molecule has 0 radical (unpaired) electrons. The Kier molecular flexibility index (Phi) is 4.14. The van der Waals surface area contributed by atoms with E-state index in [1.807, 2.05) is 30.3 Å². The van der Waals surface area contributed by atoms with E-state index in [1.165, 1.54) is 0 Å². The van der Waals surface area contributed by atoms with Gasteiger partial charge in [0, 0.05) is 23.2 Å². The van der Waals surface area contributed by atoms with Crippen LogP contribution in [0.1, 0.15) is 23.2 Å². The maximum Gasteiger partial charge on any atom is 0.255 e. The lowest BCUT2D eigenvalue weighted by molar-refractivity contribution is 0.0621. The highest BCUT2D eigenvalue weighted by Gasteiger charge is 2.35. The van der Waals surface area contributed by atoms with Crippen molar-refractivity contribution in [3.05, 3.63) is 53.1 Å². The van der Waals surface area contributed by atoms with Crippen LogP contribution in [0.5, 0.6) is 0 Å². The Morgan fingerprint density at radius 1 is 1.19 bits per heavy atom. The fraction of sp³-hybridized carbons (Fsp3) is 0.333. The van der Waals surface area contributed by atoms with Crippen LogP contribution in [0.15, 0.2) is 46.9 Å². The van der Waals surface area contributed by atoms with Gasteiger partial charge in [-0.05, 0) is 56.1 Å². The molecule has 1 amide bonds. The molecule has 138 valence electrons. The van der Waals surface area contributed by atoms with Gasteiger partial charge in [-0.3, -0.25) is 4.79 Å². The number of oxazole rings is 1. The van der Waals surface area contributed by atoms with Gasteiger partial charge in [-0.25, -0.2) is 4.98 Å². The van der Waals surface area contributed by atoms with Crippen LogP contribution in [0.4, 0.5) is 0 Å². The second-order valence-corrected chi connectivity index (χ2v) is 7.84. The number of halogens is 1. The monoisotopic (exact) mass is 381 g/mol. The van der Waals surface area contributed by atoms with Crippen LogP contribution in [-0.4, -0.2) is 41.5 Å². The van der Waals surface area contributed by atoms with Gasteiger partial charge in [0.1, 0.15) is 5.52 Å². The lowest BCUT2D eigenvalue weighted by Crippen LogP contribution is -2.57. The van der Waals surface area contributed by atoms with E-state index in [-0.39, 0.29) is 11.9 Å². The average Bonchev–Trinajstić information content (AvgIpc) is 3.13. The predicted octanol–water partition coefficient (Wildman–Crippen LogP) is 3.97. The van der Waals surface area contributed by atoms with Gasteiger partial charge < -0.3 is 14.6 Å². The Morgan fingerprint density at radius 3 is 2.67 bits per heavy atom. The number of carbonyl (C=O) groups excluding carboxylic acids is 1. The van der Waals surface area contributed by atoms with Gasteiger partial charge in [-0.2, -0.15) is 0 Å². The molecule has 3 aliphatic heterocycles. The third kappa shape index (κ3) is 3.11. The van der Waals surface area contributed by atoms with Crippen molar-refractivity contribution in [1.29, 1.82) is 0 Å². The molecular weight excluding hydrogens is 362 g/mol. The molecule has 6 heteroatoms. The van der Waals surface area contributed by atoms with Crippen molar-refractivity contribution < 1.29 is 9.21 Å². The molecule has 0 saturated carbocycles. The summed E-state index contributed by atoms with van der Waals surface area (Å²) in [4.78, 5) is 20.0. The number of benzene rings is 2. The lowest BCUT2D eigenvalue weighted by Gasteiger charge is -2.44. The molecule has 1 atom stereocenters. The fourth-order valence-corrected chi connectivity index (χ4v) is 4.46. The van der Waals surface area contributed by atoms with Crippen molar-refractivity contribution in [3.63, 3.8) is 0 Å². The highest BCUT2D eigenvalue weighted by atomic mass is 35.5. The lowest BCUT2D eigenvalue weighted by atomic mass is 9.84. The van der Waals surface area contributed by atoms with Gasteiger partial charge in [-0.15, -0.1) is 0 Å². The molecule has 27 heavy (non-hydrogen) atoms. The quantitative estimate of drug-likeness (QED) is 0.745. The average molecular weight is 382 g/mol. The molecule has 3 aliphatic rings. The van der Waals surface area contributed by atoms with E-state index < -0.39 is 0 Å². The Balaban J connectivity index is 1.48. The first kappa shape index (κ1) is 16.8. The van der Waals surface area contributed by atoms with E-state index in [0.717, 1.165) is 38.0 Å². The minimum atomic E-state index is -0.142. The van der Waals surface area contributed by atoms with E-state index >= 15 is 0 Å². The van der Waals surface area contributed by atoms with Gasteiger partial charge >= 0.3 is 0 Å². The van der Waals surface area contributed by atoms with Crippen molar-refractivity contribution in [1.82, 2.24) is 15.2 Å².